The van der Waals surface area contributed by atoms with Crippen LogP contribution in [-0.4, -0.2) is 35.5 Å². The van der Waals surface area contributed by atoms with Crippen LogP contribution < -0.4 is 0 Å². The van der Waals surface area contributed by atoms with Gasteiger partial charge in [-0.2, -0.15) is 5.10 Å². The van der Waals surface area contributed by atoms with Crippen molar-refractivity contribution in [3.05, 3.63) is 17.0 Å². The second-order valence-corrected chi connectivity index (χ2v) is 13.6. The second kappa shape index (κ2) is 4.68. The summed E-state index contributed by atoms with van der Waals surface area (Å²) in [6, 6.07) is 1.11. The number of ether oxygens (including phenoxy) is 1. The van der Waals surface area contributed by atoms with Gasteiger partial charge in [-0.25, -0.2) is 9.48 Å². The molecule has 0 aromatic carbocycles. The van der Waals surface area contributed by atoms with Crippen LogP contribution in [0, 0.1) is 5.41 Å². The van der Waals surface area contributed by atoms with E-state index in [2.05, 4.69) is 31.7 Å². The Kier molecular flexibility index (Phi) is 3.29. The van der Waals surface area contributed by atoms with Crippen molar-refractivity contribution in [3.63, 3.8) is 0 Å². The maximum atomic E-state index is 11.4. The lowest BCUT2D eigenvalue weighted by molar-refractivity contribution is 0.0666. The zero-order valence-corrected chi connectivity index (χ0v) is 14.3. The largest absolute Gasteiger partial charge is 0.476 e. The first-order valence-corrected chi connectivity index (χ1v) is 11.3. The fourth-order valence-corrected chi connectivity index (χ4v) is 4.07. The lowest BCUT2D eigenvalue weighted by Gasteiger charge is -2.15. The van der Waals surface area contributed by atoms with Crippen LogP contribution in [0.4, 0.5) is 0 Å². The molecule has 1 fully saturated rings. The third-order valence-electron chi connectivity index (χ3n) is 4.77. The number of carboxylic acid groups (broad SMARTS) is 1. The van der Waals surface area contributed by atoms with Crippen molar-refractivity contribution in [2.24, 2.45) is 5.41 Å². The van der Waals surface area contributed by atoms with Gasteiger partial charge in [-0.1, -0.05) is 26.6 Å². The fraction of sp³-hybridized carbons (Fsp3) is 0.733. The molecule has 5 nitrogen and oxygen atoms in total. The molecule has 0 aliphatic heterocycles. The summed E-state index contributed by atoms with van der Waals surface area (Å²) in [5.41, 5.74) is 2.56. The van der Waals surface area contributed by atoms with Crippen LogP contribution in [0.15, 0.2) is 0 Å². The summed E-state index contributed by atoms with van der Waals surface area (Å²) in [6.45, 7) is 10.3. The van der Waals surface area contributed by atoms with E-state index in [1.54, 1.807) is 4.68 Å². The van der Waals surface area contributed by atoms with Gasteiger partial charge in [-0.3, -0.25) is 0 Å². The Morgan fingerprint density at radius 1 is 1.52 bits per heavy atom. The highest BCUT2D eigenvalue weighted by Crippen LogP contribution is 2.66. The van der Waals surface area contributed by atoms with Gasteiger partial charge in [0.1, 0.15) is 6.73 Å². The van der Waals surface area contributed by atoms with Crippen LogP contribution in [0.25, 0.3) is 0 Å². The van der Waals surface area contributed by atoms with E-state index in [1.165, 1.54) is 0 Å². The molecule has 21 heavy (non-hydrogen) atoms. The highest BCUT2D eigenvalue weighted by molar-refractivity contribution is 6.76. The van der Waals surface area contributed by atoms with Crippen molar-refractivity contribution in [2.45, 2.75) is 58.1 Å². The summed E-state index contributed by atoms with van der Waals surface area (Å²) >= 11 is 0. The van der Waals surface area contributed by atoms with E-state index in [9.17, 15) is 9.90 Å². The molecule has 2 unspecified atom stereocenters. The Labute approximate surface area is 126 Å². The predicted octanol–water partition coefficient (Wildman–Crippen LogP) is 2.94. The molecule has 3 rings (SSSR count). The summed E-state index contributed by atoms with van der Waals surface area (Å²) in [5, 5.41) is 13.6. The van der Waals surface area contributed by atoms with Crippen molar-refractivity contribution in [2.75, 3.05) is 6.61 Å². The maximum absolute atomic E-state index is 11.4. The smallest absolute Gasteiger partial charge is 0.356 e. The molecular weight excluding hydrogens is 284 g/mol. The zero-order valence-electron chi connectivity index (χ0n) is 13.3. The SMILES string of the molecule is CC12Cc3c(C(=O)O)nn(COCC[Si](C)(C)C)c3C1C2. The summed E-state index contributed by atoms with van der Waals surface area (Å²) in [4.78, 5) is 11.4. The van der Waals surface area contributed by atoms with E-state index in [4.69, 9.17) is 4.74 Å². The molecule has 1 saturated carbocycles. The Balaban J connectivity index is 1.72. The van der Waals surface area contributed by atoms with E-state index >= 15 is 0 Å². The molecule has 2 aliphatic carbocycles. The van der Waals surface area contributed by atoms with Gasteiger partial charge in [-0.15, -0.1) is 0 Å². The van der Waals surface area contributed by atoms with Crippen LogP contribution in [0.1, 0.15) is 41.0 Å². The Morgan fingerprint density at radius 2 is 2.24 bits per heavy atom. The fourth-order valence-electron chi connectivity index (χ4n) is 3.31. The van der Waals surface area contributed by atoms with E-state index < -0.39 is 14.0 Å². The number of aromatic carboxylic acids is 1. The van der Waals surface area contributed by atoms with E-state index in [1.807, 2.05) is 0 Å². The standard InChI is InChI=1S/C15H24N2O3Si/c1-15-7-10-12(14(18)19)16-17(13(10)11(15)8-15)9-20-5-6-21(2,3)4/h11H,5-9H2,1-4H3,(H,18,19). The van der Waals surface area contributed by atoms with Crippen LogP contribution in [-0.2, 0) is 17.9 Å². The number of hydrogen-bond acceptors (Lipinski definition) is 3. The van der Waals surface area contributed by atoms with Gasteiger partial charge in [-0.05, 0) is 24.3 Å². The van der Waals surface area contributed by atoms with Crippen molar-refractivity contribution < 1.29 is 14.6 Å². The lowest BCUT2D eigenvalue weighted by Crippen LogP contribution is -2.22. The minimum Gasteiger partial charge on any atom is -0.476 e. The number of carbonyl (C=O) groups is 1. The van der Waals surface area contributed by atoms with E-state index in [-0.39, 0.29) is 11.1 Å². The third-order valence-corrected chi connectivity index (χ3v) is 6.47. The highest BCUT2D eigenvalue weighted by Gasteiger charge is 2.59. The van der Waals surface area contributed by atoms with Gasteiger partial charge in [0.25, 0.3) is 0 Å². The number of hydrogen-bond donors (Lipinski definition) is 1. The first-order chi connectivity index (χ1) is 9.71. The number of rotatable bonds is 6. The van der Waals surface area contributed by atoms with Crippen molar-refractivity contribution in [1.82, 2.24) is 9.78 Å². The molecule has 0 radical (unpaired) electrons. The molecule has 0 saturated heterocycles. The van der Waals surface area contributed by atoms with Gasteiger partial charge in [0.05, 0.1) is 0 Å². The monoisotopic (exact) mass is 308 g/mol. The van der Waals surface area contributed by atoms with Crippen molar-refractivity contribution >= 4 is 14.0 Å². The molecular formula is C15H24N2O3Si. The maximum Gasteiger partial charge on any atom is 0.356 e. The number of nitrogens with zero attached hydrogens (tertiary/aromatic N) is 2. The summed E-state index contributed by atoms with van der Waals surface area (Å²) < 4.78 is 7.55. The van der Waals surface area contributed by atoms with E-state index in [0.29, 0.717) is 12.6 Å². The molecule has 2 atom stereocenters. The minimum absolute atomic E-state index is 0.229. The number of fused-ring (bicyclic) bond motifs is 3. The molecule has 1 N–H and O–H groups in total. The molecule has 0 amide bonds. The molecule has 1 aromatic heterocycles. The minimum atomic E-state index is -1.09. The average Bonchev–Trinajstić information content (AvgIpc) is 2.75. The number of carboxylic acids is 1. The number of aromatic nitrogens is 2. The Morgan fingerprint density at radius 3 is 2.86 bits per heavy atom. The van der Waals surface area contributed by atoms with Crippen molar-refractivity contribution in [3.8, 4) is 0 Å². The Bertz CT molecular complexity index is 590. The molecule has 0 spiro atoms. The highest BCUT2D eigenvalue weighted by atomic mass is 28.3. The topological polar surface area (TPSA) is 64.3 Å². The molecule has 6 heteroatoms. The zero-order chi connectivity index (χ0) is 15.4. The third kappa shape index (κ3) is 2.66. The van der Waals surface area contributed by atoms with Crippen LogP contribution in [0.5, 0.6) is 0 Å². The van der Waals surface area contributed by atoms with Gasteiger partial charge < -0.3 is 9.84 Å². The molecule has 1 aromatic rings. The summed E-state index contributed by atoms with van der Waals surface area (Å²) in [6.07, 6.45) is 2.00. The van der Waals surface area contributed by atoms with Gasteiger partial charge in [0, 0.05) is 31.9 Å². The average molecular weight is 308 g/mol. The van der Waals surface area contributed by atoms with Crippen LogP contribution in [0.3, 0.4) is 0 Å². The van der Waals surface area contributed by atoms with Crippen LogP contribution in [0.2, 0.25) is 25.7 Å². The van der Waals surface area contributed by atoms with E-state index in [0.717, 1.165) is 36.8 Å². The molecule has 116 valence electrons. The van der Waals surface area contributed by atoms with Gasteiger partial charge in [0.15, 0.2) is 5.69 Å². The quantitative estimate of drug-likeness (QED) is 0.648. The predicted molar refractivity (Wildman–Crippen MR) is 82.5 cm³/mol. The summed E-state index contributed by atoms with van der Waals surface area (Å²) in [7, 11) is -1.09. The molecule has 1 heterocycles. The Hall–Kier alpha value is -1.14. The van der Waals surface area contributed by atoms with Crippen LogP contribution >= 0.6 is 0 Å². The van der Waals surface area contributed by atoms with Crippen molar-refractivity contribution in [1.29, 1.82) is 0 Å². The molecule has 2 aliphatic rings. The first kappa shape index (κ1) is 14.8. The summed E-state index contributed by atoms with van der Waals surface area (Å²) in [5.74, 6) is -0.439. The second-order valence-electron chi connectivity index (χ2n) is 7.95. The lowest BCUT2D eigenvalue weighted by atomic mass is 10.0. The normalized spacial score (nSPS) is 26.6. The van der Waals surface area contributed by atoms with Gasteiger partial charge in [0.2, 0.25) is 0 Å². The van der Waals surface area contributed by atoms with Gasteiger partial charge >= 0.3 is 5.97 Å². The molecule has 0 bridgehead atoms. The first-order valence-electron chi connectivity index (χ1n) is 7.62.